The topological polar surface area (TPSA) is 79.7 Å². The Labute approximate surface area is 118 Å². The predicted molar refractivity (Wildman–Crippen MR) is 73.8 cm³/mol. The molecule has 0 aromatic carbocycles. The summed E-state index contributed by atoms with van der Waals surface area (Å²) in [7, 11) is 0. The number of aromatic nitrogens is 1. The Balaban J connectivity index is 2.77. The lowest BCUT2D eigenvalue weighted by atomic mass is 10.2. The fourth-order valence-corrected chi connectivity index (χ4v) is 2.06. The fraction of sp³-hybridized carbons (Fsp3) is 0.500. The number of amides is 1. The first-order valence-electron chi connectivity index (χ1n) is 6.45. The van der Waals surface area contributed by atoms with Crippen LogP contribution in [0.25, 0.3) is 0 Å². The molecule has 0 aliphatic heterocycles. The van der Waals surface area contributed by atoms with Crippen molar-refractivity contribution in [2.24, 2.45) is 0 Å². The summed E-state index contributed by atoms with van der Waals surface area (Å²) in [5.74, 6) is -1.20. The van der Waals surface area contributed by atoms with Gasteiger partial charge >= 0.3 is 5.97 Å². The Morgan fingerprint density at radius 2 is 1.90 bits per heavy atom. The largest absolute Gasteiger partial charge is 0.481 e. The third kappa shape index (κ3) is 3.94. The standard InChI is InChI=1S/C14H20N2O4/c1-9(2)16(10(3)4)13(17)8-20-12-7-15-6-5-11(12)14(18)19/h5-7,9-10H,8H2,1-4H3,(H,18,19). The maximum atomic E-state index is 12.1. The summed E-state index contributed by atoms with van der Waals surface area (Å²) in [5, 5.41) is 9.01. The van der Waals surface area contributed by atoms with Crippen molar-refractivity contribution in [1.29, 1.82) is 0 Å². The van der Waals surface area contributed by atoms with Crippen LogP contribution in [-0.2, 0) is 4.79 Å². The molecule has 1 aromatic heterocycles. The van der Waals surface area contributed by atoms with Crippen molar-refractivity contribution >= 4 is 11.9 Å². The van der Waals surface area contributed by atoms with E-state index in [4.69, 9.17) is 9.84 Å². The van der Waals surface area contributed by atoms with E-state index in [1.165, 1.54) is 18.5 Å². The van der Waals surface area contributed by atoms with Gasteiger partial charge in [0.25, 0.3) is 5.91 Å². The van der Waals surface area contributed by atoms with Crippen molar-refractivity contribution in [3.05, 3.63) is 24.0 Å². The van der Waals surface area contributed by atoms with Crippen LogP contribution in [0.5, 0.6) is 5.75 Å². The minimum Gasteiger partial charge on any atom is -0.481 e. The van der Waals surface area contributed by atoms with Gasteiger partial charge in [-0.05, 0) is 33.8 Å². The molecule has 110 valence electrons. The highest BCUT2D eigenvalue weighted by molar-refractivity contribution is 5.90. The number of carboxylic acids is 1. The van der Waals surface area contributed by atoms with Gasteiger partial charge < -0.3 is 14.7 Å². The average Bonchev–Trinajstić information content (AvgIpc) is 2.35. The summed E-state index contributed by atoms with van der Waals surface area (Å²) in [6, 6.07) is 1.45. The zero-order valence-corrected chi connectivity index (χ0v) is 12.2. The Bertz CT molecular complexity index is 478. The molecule has 0 unspecified atom stereocenters. The van der Waals surface area contributed by atoms with E-state index in [2.05, 4.69) is 4.98 Å². The zero-order valence-electron chi connectivity index (χ0n) is 12.2. The first-order chi connectivity index (χ1) is 9.34. The van der Waals surface area contributed by atoms with Gasteiger partial charge in [0.2, 0.25) is 0 Å². The Morgan fingerprint density at radius 1 is 1.30 bits per heavy atom. The molecule has 1 rings (SSSR count). The monoisotopic (exact) mass is 280 g/mol. The lowest BCUT2D eigenvalue weighted by molar-refractivity contribution is -0.137. The van der Waals surface area contributed by atoms with E-state index in [0.717, 1.165) is 0 Å². The van der Waals surface area contributed by atoms with E-state index in [9.17, 15) is 9.59 Å². The Morgan fingerprint density at radius 3 is 2.40 bits per heavy atom. The highest BCUT2D eigenvalue weighted by Crippen LogP contribution is 2.16. The van der Waals surface area contributed by atoms with Crippen molar-refractivity contribution in [2.45, 2.75) is 39.8 Å². The van der Waals surface area contributed by atoms with Gasteiger partial charge in [-0.25, -0.2) is 4.79 Å². The van der Waals surface area contributed by atoms with Crippen LogP contribution in [0.4, 0.5) is 0 Å². The molecule has 20 heavy (non-hydrogen) atoms. The Hall–Kier alpha value is -2.11. The van der Waals surface area contributed by atoms with Crippen molar-refractivity contribution < 1.29 is 19.4 Å². The first-order valence-corrected chi connectivity index (χ1v) is 6.45. The van der Waals surface area contributed by atoms with Crippen LogP contribution in [0.15, 0.2) is 18.5 Å². The minimum absolute atomic E-state index is 0.00607. The van der Waals surface area contributed by atoms with Crippen molar-refractivity contribution in [1.82, 2.24) is 9.88 Å². The summed E-state index contributed by atoms with van der Waals surface area (Å²) >= 11 is 0. The lowest BCUT2D eigenvalue weighted by Gasteiger charge is -2.30. The molecule has 0 aliphatic carbocycles. The summed E-state index contributed by atoms with van der Waals surface area (Å²) < 4.78 is 5.31. The van der Waals surface area contributed by atoms with Gasteiger partial charge in [-0.1, -0.05) is 0 Å². The van der Waals surface area contributed by atoms with Gasteiger partial charge in [-0.15, -0.1) is 0 Å². The third-order valence-corrected chi connectivity index (χ3v) is 2.77. The van der Waals surface area contributed by atoms with E-state index in [1.807, 2.05) is 27.7 Å². The number of rotatable bonds is 6. The maximum absolute atomic E-state index is 12.1. The summed E-state index contributed by atoms with van der Waals surface area (Å²) in [5.41, 5.74) is -0.00607. The van der Waals surface area contributed by atoms with Crippen LogP contribution >= 0.6 is 0 Å². The number of hydrogen-bond acceptors (Lipinski definition) is 4. The molecule has 6 heteroatoms. The van der Waals surface area contributed by atoms with Gasteiger partial charge in [0.1, 0.15) is 5.56 Å². The smallest absolute Gasteiger partial charge is 0.339 e. The average molecular weight is 280 g/mol. The van der Waals surface area contributed by atoms with Crippen LogP contribution in [0.3, 0.4) is 0 Å². The van der Waals surface area contributed by atoms with Crippen LogP contribution < -0.4 is 4.74 Å². The van der Waals surface area contributed by atoms with Crippen molar-refractivity contribution in [3.63, 3.8) is 0 Å². The van der Waals surface area contributed by atoms with Crippen molar-refractivity contribution in [2.75, 3.05) is 6.61 Å². The van der Waals surface area contributed by atoms with E-state index in [-0.39, 0.29) is 35.9 Å². The maximum Gasteiger partial charge on any atom is 0.339 e. The van der Waals surface area contributed by atoms with Crippen LogP contribution in [0.2, 0.25) is 0 Å². The second-order valence-electron chi connectivity index (χ2n) is 4.95. The molecular formula is C14H20N2O4. The fourth-order valence-electron chi connectivity index (χ4n) is 2.06. The normalized spacial score (nSPS) is 10.7. The number of hydrogen-bond donors (Lipinski definition) is 1. The van der Waals surface area contributed by atoms with Crippen LogP contribution in [0, 0.1) is 0 Å². The molecular weight excluding hydrogens is 260 g/mol. The number of ether oxygens (including phenoxy) is 1. The number of carbonyl (C=O) groups excluding carboxylic acids is 1. The molecule has 0 fully saturated rings. The minimum atomic E-state index is -1.11. The van der Waals surface area contributed by atoms with Gasteiger partial charge in [0.05, 0.1) is 6.20 Å². The van der Waals surface area contributed by atoms with Crippen molar-refractivity contribution in [3.8, 4) is 5.75 Å². The summed E-state index contributed by atoms with van der Waals surface area (Å²) in [6.45, 7) is 7.48. The molecule has 1 amide bonds. The lowest BCUT2D eigenvalue weighted by Crippen LogP contribution is -2.44. The quantitative estimate of drug-likeness (QED) is 0.859. The zero-order chi connectivity index (χ0) is 15.3. The van der Waals surface area contributed by atoms with E-state index in [0.29, 0.717) is 0 Å². The van der Waals surface area contributed by atoms with E-state index < -0.39 is 5.97 Å². The number of aromatic carboxylic acids is 1. The number of nitrogens with zero attached hydrogens (tertiary/aromatic N) is 2. The molecule has 1 heterocycles. The highest BCUT2D eigenvalue weighted by atomic mass is 16.5. The van der Waals surface area contributed by atoms with Gasteiger partial charge in [0.15, 0.2) is 12.4 Å². The molecule has 0 radical (unpaired) electrons. The molecule has 0 aliphatic rings. The van der Waals surface area contributed by atoms with E-state index >= 15 is 0 Å². The molecule has 0 saturated heterocycles. The van der Waals surface area contributed by atoms with Crippen LogP contribution in [-0.4, -0.2) is 45.6 Å². The molecule has 1 aromatic rings. The number of carboxylic acid groups (broad SMARTS) is 1. The number of carbonyl (C=O) groups is 2. The van der Waals surface area contributed by atoms with E-state index in [1.54, 1.807) is 4.90 Å². The summed E-state index contributed by atoms with van der Waals surface area (Å²) in [6.07, 6.45) is 2.67. The first kappa shape index (κ1) is 15.9. The number of pyridine rings is 1. The molecule has 0 spiro atoms. The van der Waals surface area contributed by atoms with Gasteiger partial charge in [-0.3, -0.25) is 9.78 Å². The predicted octanol–water partition coefficient (Wildman–Crippen LogP) is 1.80. The molecule has 6 nitrogen and oxygen atoms in total. The second-order valence-corrected chi connectivity index (χ2v) is 4.95. The third-order valence-electron chi connectivity index (χ3n) is 2.77. The molecule has 0 bridgehead atoms. The molecule has 0 atom stereocenters. The van der Waals surface area contributed by atoms with Gasteiger partial charge in [0, 0.05) is 18.3 Å². The molecule has 1 N–H and O–H groups in total. The van der Waals surface area contributed by atoms with Gasteiger partial charge in [-0.2, -0.15) is 0 Å². The van der Waals surface area contributed by atoms with Crippen LogP contribution in [0.1, 0.15) is 38.1 Å². The SMILES string of the molecule is CC(C)N(C(=O)COc1cnccc1C(=O)O)C(C)C. The molecule has 0 saturated carbocycles. The summed E-state index contributed by atoms with van der Waals surface area (Å²) in [4.78, 5) is 28.6. The second kappa shape index (κ2) is 6.88. The highest BCUT2D eigenvalue weighted by Gasteiger charge is 2.21. The Kier molecular flexibility index (Phi) is 5.49.